The molecule has 1 fully saturated rings. The summed E-state index contributed by atoms with van der Waals surface area (Å²) >= 11 is 1.53. The molecule has 1 aromatic heterocycles. The molecule has 1 aromatic carbocycles. The highest BCUT2D eigenvalue weighted by Gasteiger charge is 2.29. The fourth-order valence-corrected chi connectivity index (χ4v) is 5.87. The van der Waals surface area contributed by atoms with Gasteiger partial charge in [0.1, 0.15) is 16.5 Å². The summed E-state index contributed by atoms with van der Waals surface area (Å²) in [6, 6.07) is 5.68. The maximum atomic E-state index is 13.3. The van der Waals surface area contributed by atoms with Crippen LogP contribution in [-0.2, 0) is 17.6 Å². The van der Waals surface area contributed by atoms with Crippen molar-refractivity contribution in [3.63, 3.8) is 0 Å². The van der Waals surface area contributed by atoms with Gasteiger partial charge in [0.05, 0.1) is 32.0 Å². The minimum Gasteiger partial charge on any atom is -0.497 e. The molecule has 0 radical (unpaired) electrons. The molecule has 2 amide bonds. The molecule has 8 heteroatoms. The van der Waals surface area contributed by atoms with Gasteiger partial charge in [-0.2, -0.15) is 0 Å². The van der Waals surface area contributed by atoms with Crippen LogP contribution >= 0.6 is 11.3 Å². The van der Waals surface area contributed by atoms with Crippen LogP contribution in [-0.4, -0.2) is 50.1 Å². The monoisotopic (exact) mass is 457 g/mol. The number of amides is 2. The van der Waals surface area contributed by atoms with E-state index in [1.165, 1.54) is 22.6 Å². The molecule has 7 nitrogen and oxygen atoms in total. The van der Waals surface area contributed by atoms with E-state index in [1.54, 1.807) is 32.4 Å². The van der Waals surface area contributed by atoms with E-state index < -0.39 is 0 Å². The first kappa shape index (κ1) is 22.6. The summed E-state index contributed by atoms with van der Waals surface area (Å²) in [5.74, 6) is 0.884. The molecular formula is C24H31N3O4S. The van der Waals surface area contributed by atoms with Gasteiger partial charge in [0, 0.05) is 17.0 Å². The third-order valence-electron chi connectivity index (χ3n) is 6.35. The zero-order valence-corrected chi connectivity index (χ0v) is 19.8. The van der Waals surface area contributed by atoms with Crippen LogP contribution in [0.15, 0.2) is 18.2 Å². The van der Waals surface area contributed by atoms with Gasteiger partial charge in [0.2, 0.25) is 5.91 Å². The van der Waals surface area contributed by atoms with Crippen molar-refractivity contribution in [2.24, 2.45) is 0 Å². The average molecular weight is 458 g/mol. The Balaban J connectivity index is 1.53. The predicted octanol–water partition coefficient (Wildman–Crippen LogP) is 4.32. The predicted molar refractivity (Wildman–Crippen MR) is 127 cm³/mol. The lowest BCUT2D eigenvalue weighted by Crippen LogP contribution is -2.42. The van der Waals surface area contributed by atoms with E-state index in [9.17, 15) is 9.59 Å². The summed E-state index contributed by atoms with van der Waals surface area (Å²) in [6.07, 6.45) is 6.31. The Labute approximate surface area is 193 Å². The molecule has 2 aliphatic rings. The molecule has 1 unspecified atom stereocenters. The van der Waals surface area contributed by atoms with Crippen LogP contribution in [0.1, 0.15) is 53.4 Å². The molecule has 172 valence electrons. The Hall–Kier alpha value is -2.58. The van der Waals surface area contributed by atoms with Gasteiger partial charge in [-0.05, 0) is 63.3 Å². The molecule has 4 rings (SSSR count). The smallest absolute Gasteiger partial charge is 0.259 e. The third kappa shape index (κ3) is 4.76. The number of methoxy groups -OCH3 is 2. The summed E-state index contributed by atoms with van der Waals surface area (Å²) < 4.78 is 10.7. The zero-order chi connectivity index (χ0) is 22.7. The number of anilines is 2. The van der Waals surface area contributed by atoms with E-state index in [0.717, 1.165) is 44.2 Å². The summed E-state index contributed by atoms with van der Waals surface area (Å²) in [5, 5.41) is 6.67. The van der Waals surface area contributed by atoms with Crippen molar-refractivity contribution in [1.82, 2.24) is 4.90 Å². The number of piperidine rings is 1. The largest absolute Gasteiger partial charge is 0.497 e. The topological polar surface area (TPSA) is 79.9 Å². The first-order chi connectivity index (χ1) is 15.5. The first-order valence-corrected chi connectivity index (χ1v) is 12.0. The molecule has 2 heterocycles. The number of ether oxygens (including phenoxy) is 2. The van der Waals surface area contributed by atoms with Gasteiger partial charge in [-0.15, -0.1) is 11.3 Å². The van der Waals surface area contributed by atoms with Crippen molar-refractivity contribution in [2.75, 3.05) is 37.9 Å². The van der Waals surface area contributed by atoms with Crippen LogP contribution in [0.2, 0.25) is 0 Å². The Kier molecular flexibility index (Phi) is 7.01. The second-order valence-corrected chi connectivity index (χ2v) is 9.55. The van der Waals surface area contributed by atoms with Gasteiger partial charge in [-0.1, -0.05) is 6.42 Å². The molecule has 2 aromatic rings. The molecule has 0 spiro atoms. The van der Waals surface area contributed by atoms with Gasteiger partial charge in [0.15, 0.2) is 0 Å². The molecular weight excluding hydrogens is 426 g/mol. The summed E-state index contributed by atoms with van der Waals surface area (Å²) in [5.41, 5.74) is 2.21. The van der Waals surface area contributed by atoms with Crippen molar-refractivity contribution in [2.45, 2.75) is 51.5 Å². The molecule has 1 aliphatic carbocycles. The summed E-state index contributed by atoms with van der Waals surface area (Å²) in [6.45, 7) is 3.48. The minimum absolute atomic E-state index is 0.0604. The number of hydrogen-bond donors (Lipinski definition) is 2. The number of carbonyl (C=O) groups is 2. The molecule has 0 saturated carbocycles. The van der Waals surface area contributed by atoms with Gasteiger partial charge >= 0.3 is 0 Å². The number of hydrogen-bond acceptors (Lipinski definition) is 6. The summed E-state index contributed by atoms with van der Waals surface area (Å²) in [7, 11) is 3.14. The highest BCUT2D eigenvalue weighted by atomic mass is 32.1. The van der Waals surface area contributed by atoms with Crippen LogP contribution in [0, 0.1) is 0 Å². The van der Waals surface area contributed by atoms with Crippen LogP contribution in [0.25, 0.3) is 0 Å². The lowest BCUT2D eigenvalue weighted by Gasteiger charge is -2.32. The molecule has 1 saturated heterocycles. The van der Waals surface area contributed by atoms with E-state index in [1.807, 2.05) is 0 Å². The Morgan fingerprint density at radius 1 is 1.12 bits per heavy atom. The van der Waals surface area contributed by atoms with E-state index in [2.05, 4.69) is 22.5 Å². The maximum Gasteiger partial charge on any atom is 0.259 e. The quantitative estimate of drug-likeness (QED) is 0.647. The van der Waals surface area contributed by atoms with E-state index in [0.29, 0.717) is 40.3 Å². The lowest BCUT2D eigenvalue weighted by molar-refractivity contribution is -0.118. The maximum absolute atomic E-state index is 13.3. The van der Waals surface area contributed by atoms with Crippen LogP contribution in [0.3, 0.4) is 0 Å². The molecule has 2 N–H and O–H groups in total. The number of likely N-dealkylation sites (tertiary alicyclic amines) is 1. The highest BCUT2D eigenvalue weighted by molar-refractivity contribution is 7.17. The van der Waals surface area contributed by atoms with Crippen LogP contribution in [0.5, 0.6) is 11.5 Å². The first-order valence-electron chi connectivity index (χ1n) is 11.2. The second kappa shape index (κ2) is 9.92. The number of rotatable bonds is 7. The SMILES string of the molecule is COc1ccc(NC(=O)c2c(NC(=O)CN3CCCCC3C)sc3c2CCC3)c(OC)c1. The molecule has 32 heavy (non-hydrogen) atoms. The Morgan fingerprint density at radius 3 is 2.72 bits per heavy atom. The van der Waals surface area contributed by atoms with Crippen molar-refractivity contribution < 1.29 is 19.1 Å². The van der Waals surface area contributed by atoms with Crippen molar-refractivity contribution in [1.29, 1.82) is 0 Å². The highest BCUT2D eigenvalue weighted by Crippen LogP contribution is 2.40. The van der Waals surface area contributed by atoms with Crippen LogP contribution in [0.4, 0.5) is 10.7 Å². The summed E-state index contributed by atoms with van der Waals surface area (Å²) in [4.78, 5) is 29.6. The number of thiophene rings is 1. The number of nitrogens with zero attached hydrogens (tertiary/aromatic N) is 1. The fourth-order valence-electron chi connectivity index (χ4n) is 4.56. The zero-order valence-electron chi connectivity index (χ0n) is 19.0. The van der Waals surface area contributed by atoms with Crippen molar-refractivity contribution in [3.8, 4) is 11.5 Å². The number of aryl methyl sites for hydroxylation is 1. The molecule has 0 bridgehead atoms. The molecule has 1 atom stereocenters. The number of benzene rings is 1. The van der Waals surface area contributed by atoms with Crippen molar-refractivity contribution >= 4 is 33.8 Å². The van der Waals surface area contributed by atoms with Gasteiger partial charge in [-0.3, -0.25) is 14.5 Å². The third-order valence-corrected chi connectivity index (χ3v) is 7.55. The van der Waals surface area contributed by atoms with E-state index >= 15 is 0 Å². The standard InChI is InChI=1S/C24H31N3O4S/c1-15-7-4-5-12-27(15)14-21(28)26-24-22(17-8-6-9-20(17)32-24)23(29)25-18-11-10-16(30-2)13-19(18)31-3/h10-11,13,15H,4-9,12,14H2,1-3H3,(H,25,29)(H,26,28). The fraction of sp³-hybridized carbons (Fsp3) is 0.500. The lowest BCUT2D eigenvalue weighted by atomic mass is 10.0. The minimum atomic E-state index is -0.227. The number of nitrogens with one attached hydrogen (secondary N) is 2. The van der Waals surface area contributed by atoms with Crippen LogP contribution < -0.4 is 20.1 Å². The number of carbonyl (C=O) groups excluding carboxylic acids is 2. The van der Waals surface area contributed by atoms with Crippen molar-refractivity contribution in [3.05, 3.63) is 34.2 Å². The second-order valence-electron chi connectivity index (χ2n) is 8.45. The normalized spacial score (nSPS) is 18.2. The van der Waals surface area contributed by atoms with Gasteiger partial charge in [0.25, 0.3) is 5.91 Å². The van der Waals surface area contributed by atoms with E-state index in [-0.39, 0.29) is 11.8 Å². The Morgan fingerprint density at radius 2 is 1.97 bits per heavy atom. The van der Waals surface area contributed by atoms with Gasteiger partial charge < -0.3 is 20.1 Å². The average Bonchev–Trinajstić information content (AvgIpc) is 3.36. The Bertz CT molecular complexity index is 1000. The number of fused-ring (bicyclic) bond motifs is 1. The molecule has 1 aliphatic heterocycles. The van der Waals surface area contributed by atoms with Gasteiger partial charge in [-0.25, -0.2) is 0 Å². The van der Waals surface area contributed by atoms with E-state index in [4.69, 9.17) is 9.47 Å².